The van der Waals surface area contributed by atoms with E-state index in [-0.39, 0.29) is 16.2 Å². The van der Waals surface area contributed by atoms with Gasteiger partial charge in [-0.1, -0.05) is 0 Å². The summed E-state index contributed by atoms with van der Waals surface area (Å²) in [5.74, 6) is -0.259. The first-order valence-electron chi connectivity index (χ1n) is 4.83. The van der Waals surface area contributed by atoms with Crippen molar-refractivity contribution in [1.29, 1.82) is 0 Å². The van der Waals surface area contributed by atoms with Gasteiger partial charge in [-0.05, 0) is 25.1 Å². The number of hydrogen-bond donors (Lipinski definition) is 1. The minimum atomic E-state index is -3.95. The zero-order valence-electron chi connectivity index (χ0n) is 9.36. The molecule has 1 aromatic rings. The summed E-state index contributed by atoms with van der Waals surface area (Å²) in [5.41, 5.74) is 0.204. The van der Waals surface area contributed by atoms with Gasteiger partial charge >= 0.3 is 0 Å². The molecule has 0 aliphatic heterocycles. The molecule has 1 aromatic carbocycles. The summed E-state index contributed by atoms with van der Waals surface area (Å²) in [4.78, 5) is 11.2. The standard InChI is InChI=1S/C10H12ClNO4S/c1-3-16-8-5-4-7(10(13)12-2)6-9(8)17(11,14)15/h4-6H,3H2,1-2H3,(H,12,13). The highest BCUT2D eigenvalue weighted by atomic mass is 35.7. The maximum atomic E-state index is 11.4. The molecule has 0 bridgehead atoms. The number of amides is 1. The molecule has 0 saturated heterocycles. The highest BCUT2D eigenvalue weighted by molar-refractivity contribution is 8.13. The van der Waals surface area contributed by atoms with E-state index in [1.165, 1.54) is 25.2 Å². The molecule has 0 aromatic heterocycles. The molecular weight excluding hydrogens is 266 g/mol. The van der Waals surface area contributed by atoms with Crippen molar-refractivity contribution in [2.45, 2.75) is 11.8 Å². The summed E-state index contributed by atoms with van der Waals surface area (Å²) in [5, 5.41) is 2.39. The predicted octanol–water partition coefficient (Wildman–Crippen LogP) is 1.37. The monoisotopic (exact) mass is 277 g/mol. The maximum Gasteiger partial charge on any atom is 0.265 e. The van der Waals surface area contributed by atoms with Gasteiger partial charge in [-0.15, -0.1) is 0 Å². The lowest BCUT2D eigenvalue weighted by Crippen LogP contribution is -2.18. The number of halogens is 1. The maximum absolute atomic E-state index is 11.4. The van der Waals surface area contributed by atoms with E-state index in [0.717, 1.165) is 0 Å². The Bertz CT molecular complexity index is 527. The zero-order chi connectivity index (χ0) is 13.1. The molecule has 0 unspecified atom stereocenters. The van der Waals surface area contributed by atoms with Crippen molar-refractivity contribution in [3.05, 3.63) is 23.8 Å². The summed E-state index contributed by atoms with van der Waals surface area (Å²) in [6.07, 6.45) is 0. The summed E-state index contributed by atoms with van der Waals surface area (Å²) in [6.45, 7) is 2.02. The molecule has 94 valence electrons. The van der Waals surface area contributed by atoms with Gasteiger partial charge in [-0.3, -0.25) is 4.79 Å². The third kappa shape index (κ3) is 3.34. The number of carbonyl (C=O) groups excluding carboxylic acids is 1. The minimum absolute atomic E-state index is 0.134. The summed E-state index contributed by atoms with van der Waals surface area (Å²) >= 11 is 0. The number of rotatable bonds is 4. The van der Waals surface area contributed by atoms with Crippen LogP contribution in [0.5, 0.6) is 5.75 Å². The lowest BCUT2D eigenvalue weighted by Gasteiger charge is -2.09. The van der Waals surface area contributed by atoms with Crippen molar-refractivity contribution in [2.24, 2.45) is 0 Å². The van der Waals surface area contributed by atoms with E-state index in [1.54, 1.807) is 6.92 Å². The van der Waals surface area contributed by atoms with E-state index in [4.69, 9.17) is 15.4 Å². The van der Waals surface area contributed by atoms with Gasteiger partial charge < -0.3 is 10.1 Å². The topological polar surface area (TPSA) is 72.5 Å². The largest absolute Gasteiger partial charge is 0.492 e. The Hall–Kier alpha value is -1.27. The molecule has 0 spiro atoms. The fourth-order valence-corrected chi connectivity index (χ4v) is 2.26. The van der Waals surface area contributed by atoms with Gasteiger partial charge in [0.25, 0.3) is 15.0 Å². The van der Waals surface area contributed by atoms with Crippen LogP contribution in [0, 0.1) is 0 Å². The molecule has 0 fully saturated rings. The van der Waals surface area contributed by atoms with Crippen LogP contribution in [0.3, 0.4) is 0 Å². The Labute approximate surface area is 104 Å². The van der Waals surface area contributed by atoms with Crippen LogP contribution >= 0.6 is 10.7 Å². The van der Waals surface area contributed by atoms with E-state index < -0.39 is 15.0 Å². The number of benzene rings is 1. The molecule has 0 aliphatic carbocycles. The first-order chi connectivity index (χ1) is 7.90. The predicted molar refractivity (Wildman–Crippen MR) is 64.0 cm³/mol. The number of nitrogens with one attached hydrogen (secondary N) is 1. The minimum Gasteiger partial charge on any atom is -0.492 e. The summed E-state index contributed by atoms with van der Waals surface area (Å²) in [6, 6.07) is 4.06. The average molecular weight is 278 g/mol. The van der Waals surface area contributed by atoms with Crippen molar-refractivity contribution in [3.63, 3.8) is 0 Å². The van der Waals surface area contributed by atoms with Crippen LogP contribution in [0.1, 0.15) is 17.3 Å². The Kier molecular flexibility index (Phi) is 4.36. The Morgan fingerprint density at radius 2 is 2.12 bits per heavy atom. The number of carbonyl (C=O) groups is 1. The van der Waals surface area contributed by atoms with Crippen LogP contribution in [0.15, 0.2) is 23.1 Å². The highest BCUT2D eigenvalue weighted by Gasteiger charge is 2.19. The smallest absolute Gasteiger partial charge is 0.265 e. The fourth-order valence-electron chi connectivity index (χ4n) is 1.26. The Balaban J connectivity index is 3.34. The van der Waals surface area contributed by atoms with Gasteiger partial charge in [0.2, 0.25) is 0 Å². The molecule has 0 saturated carbocycles. The van der Waals surface area contributed by atoms with E-state index in [0.29, 0.717) is 6.61 Å². The van der Waals surface area contributed by atoms with Crippen LogP contribution in [-0.2, 0) is 9.05 Å². The molecule has 0 atom stereocenters. The molecule has 7 heteroatoms. The lowest BCUT2D eigenvalue weighted by atomic mass is 10.2. The van der Waals surface area contributed by atoms with Crippen molar-refractivity contribution in [2.75, 3.05) is 13.7 Å². The molecule has 0 radical (unpaired) electrons. The van der Waals surface area contributed by atoms with E-state index in [9.17, 15) is 13.2 Å². The van der Waals surface area contributed by atoms with E-state index >= 15 is 0 Å². The SMILES string of the molecule is CCOc1ccc(C(=O)NC)cc1S(=O)(=O)Cl. The lowest BCUT2D eigenvalue weighted by molar-refractivity contribution is 0.0963. The first-order valence-corrected chi connectivity index (χ1v) is 7.14. The van der Waals surface area contributed by atoms with Gasteiger partial charge in [0, 0.05) is 23.3 Å². The van der Waals surface area contributed by atoms with Crippen LogP contribution < -0.4 is 10.1 Å². The quantitative estimate of drug-likeness (QED) is 0.844. The molecule has 0 heterocycles. The van der Waals surface area contributed by atoms with Crippen LogP contribution in [-0.4, -0.2) is 28.0 Å². The number of hydrogen-bond acceptors (Lipinski definition) is 4. The second kappa shape index (κ2) is 5.37. The Morgan fingerprint density at radius 1 is 1.47 bits per heavy atom. The van der Waals surface area contributed by atoms with Crippen LogP contribution in [0.25, 0.3) is 0 Å². The zero-order valence-corrected chi connectivity index (χ0v) is 10.9. The van der Waals surface area contributed by atoms with Gasteiger partial charge in [-0.2, -0.15) is 0 Å². The van der Waals surface area contributed by atoms with Crippen molar-refractivity contribution < 1.29 is 17.9 Å². The average Bonchev–Trinajstić information content (AvgIpc) is 2.27. The van der Waals surface area contributed by atoms with E-state index in [2.05, 4.69) is 5.32 Å². The second-order valence-electron chi connectivity index (χ2n) is 3.11. The molecule has 17 heavy (non-hydrogen) atoms. The second-order valence-corrected chi connectivity index (χ2v) is 5.65. The highest BCUT2D eigenvalue weighted by Crippen LogP contribution is 2.28. The van der Waals surface area contributed by atoms with Gasteiger partial charge in [-0.25, -0.2) is 8.42 Å². The first kappa shape index (κ1) is 13.8. The van der Waals surface area contributed by atoms with Crippen LogP contribution in [0.4, 0.5) is 0 Å². The van der Waals surface area contributed by atoms with E-state index in [1.807, 2.05) is 0 Å². The molecule has 1 N–H and O–H groups in total. The third-order valence-corrected chi connectivity index (χ3v) is 3.34. The molecule has 0 aliphatic rings. The van der Waals surface area contributed by atoms with Crippen molar-refractivity contribution in [3.8, 4) is 5.75 Å². The third-order valence-electron chi connectivity index (χ3n) is 2.00. The van der Waals surface area contributed by atoms with Gasteiger partial charge in [0.05, 0.1) is 6.61 Å². The van der Waals surface area contributed by atoms with Gasteiger partial charge in [0.1, 0.15) is 10.6 Å². The molecule has 1 amide bonds. The van der Waals surface area contributed by atoms with Crippen molar-refractivity contribution in [1.82, 2.24) is 5.32 Å². The van der Waals surface area contributed by atoms with Crippen molar-refractivity contribution >= 4 is 25.6 Å². The van der Waals surface area contributed by atoms with Gasteiger partial charge in [0.15, 0.2) is 0 Å². The molecular formula is C10H12ClNO4S. The molecule has 5 nitrogen and oxygen atoms in total. The normalized spacial score (nSPS) is 11.0. The summed E-state index contributed by atoms with van der Waals surface area (Å²) in [7, 11) is 2.78. The summed E-state index contributed by atoms with van der Waals surface area (Å²) < 4.78 is 27.8. The fraction of sp³-hybridized carbons (Fsp3) is 0.300. The Morgan fingerprint density at radius 3 is 2.59 bits per heavy atom. The molecule has 1 rings (SSSR count). The van der Waals surface area contributed by atoms with Crippen LogP contribution in [0.2, 0.25) is 0 Å². The number of ether oxygens (including phenoxy) is 1.